The van der Waals surface area contributed by atoms with E-state index in [1.165, 1.54) is 45.2 Å². The molecule has 0 aliphatic heterocycles. The quantitative estimate of drug-likeness (QED) is 0.711. The van der Waals surface area contributed by atoms with Crippen LogP contribution in [-0.2, 0) is 0 Å². The summed E-state index contributed by atoms with van der Waals surface area (Å²) in [5.41, 5.74) is 1.24. The molecular formula is C17H33N. The van der Waals surface area contributed by atoms with E-state index in [9.17, 15) is 0 Å². The molecule has 0 radical (unpaired) electrons. The number of hydrogen-bond donors (Lipinski definition) is 1. The third-order valence-corrected chi connectivity index (χ3v) is 6.21. The summed E-state index contributed by atoms with van der Waals surface area (Å²) in [6.07, 6.45) is 7.16. The Morgan fingerprint density at radius 1 is 1.22 bits per heavy atom. The Morgan fingerprint density at radius 3 is 2.56 bits per heavy atom. The second kappa shape index (κ2) is 5.15. The summed E-state index contributed by atoms with van der Waals surface area (Å²) in [6.45, 7) is 14.7. The van der Waals surface area contributed by atoms with Gasteiger partial charge in [-0.3, -0.25) is 0 Å². The highest BCUT2D eigenvalue weighted by Gasteiger charge is 2.72. The van der Waals surface area contributed by atoms with Gasteiger partial charge in [0, 0.05) is 0 Å². The molecule has 0 aromatic carbocycles. The molecule has 0 aromatic rings. The Labute approximate surface area is 114 Å². The monoisotopic (exact) mass is 251 g/mol. The lowest BCUT2D eigenvalue weighted by Crippen LogP contribution is -2.31. The maximum absolute atomic E-state index is 3.68. The van der Waals surface area contributed by atoms with Crippen LogP contribution in [-0.4, -0.2) is 13.1 Å². The molecule has 0 aromatic heterocycles. The molecule has 1 N–H and O–H groups in total. The van der Waals surface area contributed by atoms with Crippen molar-refractivity contribution in [3.63, 3.8) is 0 Å². The molecule has 0 bridgehead atoms. The van der Waals surface area contributed by atoms with E-state index in [0.29, 0.717) is 10.8 Å². The van der Waals surface area contributed by atoms with Crippen LogP contribution >= 0.6 is 0 Å². The van der Waals surface area contributed by atoms with Crippen LogP contribution in [0, 0.1) is 28.6 Å². The molecule has 2 aliphatic rings. The van der Waals surface area contributed by atoms with Crippen molar-refractivity contribution in [3.8, 4) is 0 Å². The summed E-state index contributed by atoms with van der Waals surface area (Å²) in [6, 6.07) is 0. The molecular weight excluding hydrogens is 218 g/mol. The van der Waals surface area contributed by atoms with E-state index in [2.05, 4.69) is 39.9 Å². The Balaban J connectivity index is 2.08. The summed E-state index contributed by atoms with van der Waals surface area (Å²) in [5, 5.41) is 3.68. The normalized spacial score (nSPS) is 38.3. The van der Waals surface area contributed by atoms with Gasteiger partial charge in [-0.15, -0.1) is 0 Å². The van der Waals surface area contributed by atoms with Crippen LogP contribution < -0.4 is 5.32 Å². The van der Waals surface area contributed by atoms with Gasteiger partial charge in [-0.1, -0.05) is 47.5 Å². The first-order chi connectivity index (χ1) is 8.48. The molecule has 0 heterocycles. The van der Waals surface area contributed by atoms with Crippen molar-refractivity contribution >= 4 is 0 Å². The third-order valence-electron chi connectivity index (χ3n) is 6.21. The summed E-state index contributed by atoms with van der Waals surface area (Å²) in [7, 11) is 0. The van der Waals surface area contributed by atoms with Crippen molar-refractivity contribution < 1.29 is 0 Å². The average Bonchev–Trinajstić information content (AvgIpc) is 2.77. The van der Waals surface area contributed by atoms with Crippen molar-refractivity contribution in [3.05, 3.63) is 0 Å². The van der Waals surface area contributed by atoms with Crippen LogP contribution in [0.2, 0.25) is 0 Å². The second-order valence-corrected chi connectivity index (χ2v) is 7.62. The minimum absolute atomic E-state index is 0.573. The summed E-state index contributed by atoms with van der Waals surface area (Å²) in [4.78, 5) is 0. The fraction of sp³-hybridized carbons (Fsp3) is 1.00. The van der Waals surface area contributed by atoms with Crippen LogP contribution in [0.1, 0.15) is 66.7 Å². The highest BCUT2D eigenvalue weighted by Crippen LogP contribution is 2.77. The minimum Gasteiger partial charge on any atom is -0.316 e. The first-order valence-corrected chi connectivity index (χ1v) is 8.19. The summed E-state index contributed by atoms with van der Waals surface area (Å²) < 4.78 is 0. The van der Waals surface area contributed by atoms with E-state index in [0.717, 1.165) is 17.8 Å². The van der Waals surface area contributed by atoms with Gasteiger partial charge in [-0.25, -0.2) is 0 Å². The summed E-state index contributed by atoms with van der Waals surface area (Å²) in [5.74, 6) is 2.75. The Kier molecular flexibility index (Phi) is 4.11. The molecule has 2 rings (SSSR count). The zero-order chi connectivity index (χ0) is 13.4. The van der Waals surface area contributed by atoms with Crippen LogP contribution in [0.5, 0.6) is 0 Å². The number of rotatable bonds is 5. The van der Waals surface area contributed by atoms with Gasteiger partial charge < -0.3 is 5.32 Å². The molecule has 1 heteroatoms. The first kappa shape index (κ1) is 14.4. The highest BCUT2D eigenvalue weighted by molar-refractivity contribution is 5.21. The average molecular weight is 251 g/mol. The standard InChI is InChI=1S/C17H33N/c1-6-11-18-12-15-16(4,5)17(15)10-8-7-9-14(17)13(2)3/h13-15,18H,6-12H2,1-5H3. The maximum Gasteiger partial charge on any atom is -0.000957 e. The van der Waals surface area contributed by atoms with Crippen molar-refractivity contribution in [1.82, 2.24) is 5.32 Å². The Bertz CT molecular complexity index is 281. The maximum atomic E-state index is 3.68. The van der Waals surface area contributed by atoms with Crippen molar-refractivity contribution in [1.29, 1.82) is 0 Å². The van der Waals surface area contributed by atoms with Crippen LogP contribution in [0.15, 0.2) is 0 Å². The molecule has 2 saturated carbocycles. The lowest BCUT2D eigenvalue weighted by molar-refractivity contribution is 0.114. The van der Waals surface area contributed by atoms with E-state index in [-0.39, 0.29) is 0 Å². The predicted molar refractivity (Wildman–Crippen MR) is 79.7 cm³/mol. The number of nitrogens with one attached hydrogen (secondary N) is 1. The topological polar surface area (TPSA) is 12.0 Å². The van der Waals surface area contributed by atoms with Crippen molar-refractivity contribution in [2.45, 2.75) is 66.7 Å². The SMILES string of the molecule is CCCNCC1C(C)(C)C12CCCCC2C(C)C. The van der Waals surface area contributed by atoms with Gasteiger partial charge in [0.1, 0.15) is 0 Å². The molecule has 0 amide bonds. The fourth-order valence-electron chi connectivity index (χ4n) is 5.25. The Hall–Kier alpha value is -0.0400. The van der Waals surface area contributed by atoms with Gasteiger partial charge in [0.15, 0.2) is 0 Å². The largest absolute Gasteiger partial charge is 0.316 e. The molecule has 2 aliphatic carbocycles. The smallest absolute Gasteiger partial charge is 0.000957 e. The molecule has 2 fully saturated rings. The van der Waals surface area contributed by atoms with Crippen LogP contribution in [0.25, 0.3) is 0 Å². The molecule has 3 unspecified atom stereocenters. The molecule has 106 valence electrons. The summed E-state index contributed by atoms with van der Waals surface area (Å²) >= 11 is 0. The molecule has 0 saturated heterocycles. The molecule has 1 spiro atoms. The molecule has 18 heavy (non-hydrogen) atoms. The van der Waals surface area contributed by atoms with E-state index < -0.39 is 0 Å². The van der Waals surface area contributed by atoms with Crippen LogP contribution in [0.4, 0.5) is 0 Å². The fourth-order valence-corrected chi connectivity index (χ4v) is 5.25. The highest BCUT2D eigenvalue weighted by atomic mass is 14.9. The second-order valence-electron chi connectivity index (χ2n) is 7.62. The van der Waals surface area contributed by atoms with Gasteiger partial charge >= 0.3 is 0 Å². The van der Waals surface area contributed by atoms with Gasteiger partial charge in [-0.05, 0) is 60.9 Å². The zero-order valence-electron chi connectivity index (χ0n) is 13.2. The van der Waals surface area contributed by atoms with E-state index in [4.69, 9.17) is 0 Å². The van der Waals surface area contributed by atoms with Crippen molar-refractivity contribution in [2.24, 2.45) is 28.6 Å². The number of hydrogen-bond acceptors (Lipinski definition) is 1. The lowest BCUT2D eigenvalue weighted by atomic mass is 9.67. The zero-order valence-corrected chi connectivity index (χ0v) is 13.2. The molecule has 1 nitrogen and oxygen atoms in total. The van der Waals surface area contributed by atoms with E-state index >= 15 is 0 Å². The van der Waals surface area contributed by atoms with E-state index in [1.807, 2.05) is 0 Å². The first-order valence-electron chi connectivity index (χ1n) is 8.19. The van der Waals surface area contributed by atoms with Gasteiger partial charge in [-0.2, -0.15) is 0 Å². The minimum atomic E-state index is 0.573. The van der Waals surface area contributed by atoms with E-state index in [1.54, 1.807) is 0 Å². The lowest BCUT2D eigenvalue weighted by Gasteiger charge is -2.38. The molecule has 3 atom stereocenters. The van der Waals surface area contributed by atoms with Gasteiger partial charge in [0.05, 0.1) is 0 Å². The van der Waals surface area contributed by atoms with Gasteiger partial charge in [0.2, 0.25) is 0 Å². The predicted octanol–water partition coefficient (Wildman–Crippen LogP) is 4.47. The van der Waals surface area contributed by atoms with Gasteiger partial charge in [0.25, 0.3) is 0 Å². The van der Waals surface area contributed by atoms with Crippen LogP contribution in [0.3, 0.4) is 0 Å². The van der Waals surface area contributed by atoms with Crippen molar-refractivity contribution in [2.75, 3.05) is 13.1 Å². The third kappa shape index (κ3) is 2.03. The Morgan fingerprint density at radius 2 is 1.94 bits per heavy atom.